The Bertz CT molecular complexity index is 868. The molecule has 1 atom stereocenters. The van der Waals surface area contributed by atoms with Gasteiger partial charge in [-0.1, -0.05) is 72.9 Å². The minimum Gasteiger partial charge on any atom is -0.354 e. The molecule has 6 heteroatoms. The van der Waals surface area contributed by atoms with Crippen molar-refractivity contribution >= 4 is 35.0 Å². The van der Waals surface area contributed by atoms with Crippen LogP contribution in [0.1, 0.15) is 37.5 Å². The molecule has 1 N–H and O–H groups in total. The molecule has 2 aromatic carbocycles. The first-order valence-corrected chi connectivity index (χ1v) is 10.5. The van der Waals surface area contributed by atoms with Crippen molar-refractivity contribution in [1.82, 2.24) is 10.2 Å². The fourth-order valence-corrected chi connectivity index (χ4v) is 3.45. The molecule has 0 aliphatic carbocycles. The molecule has 0 fully saturated rings. The van der Waals surface area contributed by atoms with E-state index in [1.54, 1.807) is 30.0 Å². The molecule has 0 saturated heterocycles. The molecule has 4 nitrogen and oxygen atoms in total. The minimum absolute atomic E-state index is 0.101. The number of halogens is 2. The molecule has 0 aliphatic heterocycles. The summed E-state index contributed by atoms with van der Waals surface area (Å²) < 4.78 is 0. The molecule has 0 aromatic heterocycles. The van der Waals surface area contributed by atoms with Crippen molar-refractivity contribution < 1.29 is 9.59 Å². The molecule has 0 radical (unpaired) electrons. The number of aryl methyl sites for hydroxylation is 1. The summed E-state index contributed by atoms with van der Waals surface area (Å²) in [5.74, 6) is 0.00443. The Hall–Kier alpha value is -2.04. The number of nitrogens with zero attached hydrogens (tertiary/aromatic N) is 1. The average molecular weight is 435 g/mol. The fraction of sp³-hybridized carbons (Fsp3) is 0.391. The van der Waals surface area contributed by atoms with Crippen molar-refractivity contribution in [3.8, 4) is 0 Å². The number of hydrogen-bond acceptors (Lipinski definition) is 2. The first-order chi connectivity index (χ1) is 13.7. The lowest BCUT2D eigenvalue weighted by atomic mass is 10.1. The van der Waals surface area contributed by atoms with Gasteiger partial charge in [0.25, 0.3) is 0 Å². The summed E-state index contributed by atoms with van der Waals surface area (Å²) in [5.41, 5.74) is 2.77. The smallest absolute Gasteiger partial charge is 0.242 e. The van der Waals surface area contributed by atoms with Crippen LogP contribution < -0.4 is 5.32 Å². The molecule has 0 unspecified atom stereocenters. The highest BCUT2D eigenvalue weighted by Crippen LogP contribution is 2.23. The summed E-state index contributed by atoms with van der Waals surface area (Å²) in [6, 6.07) is 12.4. The second-order valence-corrected chi connectivity index (χ2v) is 8.58. The van der Waals surface area contributed by atoms with Gasteiger partial charge in [-0.2, -0.15) is 0 Å². The maximum atomic E-state index is 13.2. The standard InChI is InChI=1S/C23H28Cl2N2O2/c1-15(2)13-26-23(29)17(4)27(14-18-7-5-6-16(3)10-18)22(28)11-19-8-9-20(24)12-21(19)25/h5-10,12,15,17H,11,13-14H2,1-4H3,(H,26,29)/t17-/m1/s1. The van der Waals surface area contributed by atoms with E-state index in [2.05, 4.69) is 5.32 Å². The van der Waals surface area contributed by atoms with Gasteiger partial charge in [-0.3, -0.25) is 9.59 Å². The predicted octanol–water partition coefficient (Wildman–Crippen LogP) is 5.03. The van der Waals surface area contributed by atoms with Crippen LogP contribution in [0.4, 0.5) is 0 Å². The second-order valence-electron chi connectivity index (χ2n) is 7.74. The van der Waals surface area contributed by atoms with E-state index >= 15 is 0 Å². The number of rotatable bonds is 8. The van der Waals surface area contributed by atoms with Crippen LogP contribution in [0, 0.1) is 12.8 Å². The summed E-state index contributed by atoms with van der Waals surface area (Å²) in [6.07, 6.45) is 0.101. The average Bonchev–Trinajstić information content (AvgIpc) is 2.65. The zero-order chi connectivity index (χ0) is 21.6. The number of nitrogens with one attached hydrogen (secondary N) is 1. The van der Waals surface area contributed by atoms with E-state index in [1.165, 1.54) is 0 Å². The van der Waals surface area contributed by atoms with Gasteiger partial charge >= 0.3 is 0 Å². The van der Waals surface area contributed by atoms with Gasteiger partial charge in [-0.25, -0.2) is 0 Å². The van der Waals surface area contributed by atoms with Crippen LogP contribution in [0.15, 0.2) is 42.5 Å². The van der Waals surface area contributed by atoms with Crippen LogP contribution in [0.3, 0.4) is 0 Å². The highest BCUT2D eigenvalue weighted by Gasteiger charge is 2.26. The van der Waals surface area contributed by atoms with Crippen molar-refractivity contribution in [1.29, 1.82) is 0 Å². The molecule has 29 heavy (non-hydrogen) atoms. The van der Waals surface area contributed by atoms with E-state index in [0.29, 0.717) is 34.6 Å². The van der Waals surface area contributed by atoms with Crippen molar-refractivity contribution in [2.45, 2.75) is 46.7 Å². The number of carbonyl (C=O) groups excluding carboxylic acids is 2. The maximum Gasteiger partial charge on any atom is 0.242 e. The van der Waals surface area contributed by atoms with Gasteiger partial charge in [0.15, 0.2) is 0 Å². The van der Waals surface area contributed by atoms with Gasteiger partial charge in [0.2, 0.25) is 11.8 Å². The Morgan fingerprint density at radius 1 is 1.07 bits per heavy atom. The van der Waals surface area contributed by atoms with Crippen molar-refractivity contribution in [3.05, 3.63) is 69.2 Å². The first kappa shape index (κ1) is 23.2. The SMILES string of the molecule is Cc1cccc(CN(C(=O)Cc2ccc(Cl)cc2Cl)[C@H](C)C(=O)NCC(C)C)c1. The second kappa shape index (κ2) is 10.7. The van der Waals surface area contributed by atoms with E-state index < -0.39 is 6.04 Å². The van der Waals surface area contributed by atoms with Gasteiger partial charge in [0.05, 0.1) is 6.42 Å². The first-order valence-electron chi connectivity index (χ1n) is 9.74. The molecule has 0 aliphatic rings. The van der Waals surface area contributed by atoms with Gasteiger partial charge in [0, 0.05) is 23.1 Å². The summed E-state index contributed by atoms with van der Waals surface area (Å²) in [5, 5.41) is 3.88. The highest BCUT2D eigenvalue weighted by atomic mass is 35.5. The number of amides is 2. The van der Waals surface area contributed by atoms with Crippen LogP contribution in [0.25, 0.3) is 0 Å². The van der Waals surface area contributed by atoms with Crippen molar-refractivity contribution in [2.75, 3.05) is 6.54 Å². The maximum absolute atomic E-state index is 13.2. The highest BCUT2D eigenvalue weighted by molar-refractivity contribution is 6.35. The van der Waals surface area contributed by atoms with Gasteiger partial charge < -0.3 is 10.2 Å². The van der Waals surface area contributed by atoms with E-state index in [1.807, 2.05) is 45.0 Å². The third-order valence-corrected chi connectivity index (χ3v) is 5.23. The Morgan fingerprint density at radius 2 is 1.79 bits per heavy atom. The lowest BCUT2D eigenvalue weighted by Gasteiger charge is -2.29. The zero-order valence-electron chi connectivity index (χ0n) is 17.3. The number of benzene rings is 2. The Labute approximate surface area is 183 Å². The Balaban J connectivity index is 2.24. The van der Waals surface area contributed by atoms with Gasteiger partial charge in [-0.05, 0) is 43.0 Å². The van der Waals surface area contributed by atoms with Crippen LogP contribution in [-0.4, -0.2) is 29.3 Å². The molecule has 2 aromatic rings. The molecule has 0 saturated carbocycles. The number of carbonyl (C=O) groups is 2. The van der Waals surface area contributed by atoms with E-state index in [9.17, 15) is 9.59 Å². The van der Waals surface area contributed by atoms with Gasteiger partial charge in [0.1, 0.15) is 6.04 Å². The number of hydrogen-bond donors (Lipinski definition) is 1. The molecule has 0 bridgehead atoms. The summed E-state index contributed by atoms with van der Waals surface area (Å²) in [4.78, 5) is 27.4. The molecule has 0 spiro atoms. The lowest BCUT2D eigenvalue weighted by Crippen LogP contribution is -2.48. The van der Waals surface area contributed by atoms with E-state index in [4.69, 9.17) is 23.2 Å². The summed E-state index contributed by atoms with van der Waals surface area (Å²) in [7, 11) is 0. The predicted molar refractivity (Wildman–Crippen MR) is 119 cm³/mol. The molecular formula is C23H28Cl2N2O2. The topological polar surface area (TPSA) is 49.4 Å². The monoisotopic (exact) mass is 434 g/mol. The van der Waals surface area contributed by atoms with Crippen LogP contribution in [0.5, 0.6) is 0 Å². The quantitative estimate of drug-likeness (QED) is 0.632. The van der Waals surface area contributed by atoms with E-state index in [0.717, 1.165) is 11.1 Å². The molecule has 2 rings (SSSR count). The molecule has 2 amide bonds. The van der Waals surface area contributed by atoms with E-state index in [-0.39, 0.29) is 18.2 Å². The van der Waals surface area contributed by atoms with Gasteiger partial charge in [-0.15, -0.1) is 0 Å². The van der Waals surface area contributed by atoms with Crippen molar-refractivity contribution in [2.24, 2.45) is 5.92 Å². The van der Waals surface area contributed by atoms with Crippen LogP contribution in [0.2, 0.25) is 10.0 Å². The van der Waals surface area contributed by atoms with Crippen LogP contribution in [-0.2, 0) is 22.6 Å². The lowest BCUT2D eigenvalue weighted by molar-refractivity contribution is -0.140. The Morgan fingerprint density at radius 3 is 2.41 bits per heavy atom. The third kappa shape index (κ3) is 7.06. The van der Waals surface area contributed by atoms with Crippen molar-refractivity contribution in [3.63, 3.8) is 0 Å². The van der Waals surface area contributed by atoms with Crippen LogP contribution >= 0.6 is 23.2 Å². The summed E-state index contributed by atoms with van der Waals surface area (Å²) in [6.45, 7) is 8.74. The minimum atomic E-state index is -0.604. The Kier molecular flexibility index (Phi) is 8.54. The largest absolute Gasteiger partial charge is 0.354 e. The zero-order valence-corrected chi connectivity index (χ0v) is 18.8. The molecule has 156 valence electrons. The normalized spacial score (nSPS) is 12.0. The third-order valence-electron chi connectivity index (χ3n) is 4.64. The molecular weight excluding hydrogens is 407 g/mol. The fourth-order valence-electron chi connectivity index (χ4n) is 2.97. The summed E-state index contributed by atoms with van der Waals surface area (Å²) >= 11 is 12.2. The molecule has 0 heterocycles.